The van der Waals surface area contributed by atoms with E-state index in [0.717, 1.165) is 6.20 Å². The topological polar surface area (TPSA) is 86.0 Å². The van der Waals surface area contributed by atoms with Gasteiger partial charge in [-0.2, -0.15) is 5.10 Å². The number of hydrogen-bond acceptors (Lipinski definition) is 7. The predicted molar refractivity (Wildman–Crippen MR) is 101 cm³/mol. The number of halogens is 3. The summed E-state index contributed by atoms with van der Waals surface area (Å²) in [4.78, 5) is 29.3. The van der Waals surface area contributed by atoms with Gasteiger partial charge in [-0.1, -0.05) is 12.1 Å². The molecule has 0 aliphatic carbocycles. The molecule has 162 valence electrons. The van der Waals surface area contributed by atoms with Crippen LogP contribution in [-0.2, 0) is 9.47 Å². The number of carbonyl (C=O) groups is 2. The Balaban J connectivity index is 1.69. The van der Waals surface area contributed by atoms with Gasteiger partial charge in [-0.15, -0.1) is 0 Å². The molecular formula is C20H17F3N4O4. The van der Waals surface area contributed by atoms with Gasteiger partial charge in [0.2, 0.25) is 0 Å². The highest BCUT2D eigenvalue weighted by molar-refractivity contribution is 6.00. The van der Waals surface area contributed by atoms with E-state index < -0.39 is 42.9 Å². The van der Waals surface area contributed by atoms with E-state index in [-0.39, 0.29) is 23.6 Å². The summed E-state index contributed by atoms with van der Waals surface area (Å²) in [5, 5.41) is 3.96. The minimum Gasteiger partial charge on any atom is -0.434 e. The Labute approximate surface area is 174 Å². The summed E-state index contributed by atoms with van der Waals surface area (Å²) in [6.07, 6.45) is 0.905. The minimum atomic E-state index is -3.02. The summed E-state index contributed by atoms with van der Waals surface area (Å²) in [6.45, 7) is 0.942. The third-order valence-electron chi connectivity index (χ3n) is 4.81. The van der Waals surface area contributed by atoms with Crippen molar-refractivity contribution in [1.29, 1.82) is 0 Å². The Morgan fingerprint density at radius 2 is 2.10 bits per heavy atom. The maximum Gasteiger partial charge on any atom is 0.516 e. The van der Waals surface area contributed by atoms with Crippen molar-refractivity contribution in [1.82, 2.24) is 14.6 Å². The van der Waals surface area contributed by atoms with E-state index in [0.29, 0.717) is 5.56 Å². The molecule has 4 rings (SSSR count). The molecule has 0 spiro atoms. The second-order valence-corrected chi connectivity index (χ2v) is 6.94. The summed E-state index contributed by atoms with van der Waals surface area (Å²) >= 11 is 0. The first-order chi connectivity index (χ1) is 14.8. The molecule has 1 atom stereocenters. The summed E-state index contributed by atoms with van der Waals surface area (Å²) in [6, 6.07) is 6.11. The van der Waals surface area contributed by atoms with Crippen LogP contribution in [0.4, 0.5) is 23.8 Å². The molecule has 11 heteroatoms. The number of hydrogen-bond donors (Lipinski definition) is 0. The zero-order chi connectivity index (χ0) is 22.2. The van der Waals surface area contributed by atoms with Crippen LogP contribution in [0.2, 0.25) is 0 Å². The van der Waals surface area contributed by atoms with Crippen molar-refractivity contribution in [2.45, 2.75) is 25.3 Å². The Kier molecular flexibility index (Phi) is 5.25. The average Bonchev–Trinajstić information content (AvgIpc) is 3.28. The lowest BCUT2D eigenvalue weighted by Gasteiger charge is -2.25. The number of aromatic nitrogens is 3. The molecule has 0 unspecified atom stereocenters. The van der Waals surface area contributed by atoms with Crippen LogP contribution in [0.5, 0.6) is 0 Å². The van der Waals surface area contributed by atoms with Gasteiger partial charge in [-0.3, -0.25) is 0 Å². The number of nitrogens with zero attached hydrogens (tertiary/aromatic N) is 4. The third-order valence-corrected chi connectivity index (χ3v) is 4.81. The average molecular weight is 434 g/mol. The smallest absolute Gasteiger partial charge is 0.434 e. The molecule has 8 nitrogen and oxygen atoms in total. The fourth-order valence-corrected chi connectivity index (χ4v) is 3.51. The van der Waals surface area contributed by atoms with Crippen molar-refractivity contribution < 1.29 is 32.2 Å². The lowest BCUT2D eigenvalue weighted by atomic mass is 10.0. The lowest BCUT2D eigenvalue weighted by molar-refractivity contribution is 0.0222. The van der Waals surface area contributed by atoms with Gasteiger partial charge in [0.25, 0.3) is 5.92 Å². The Hall–Kier alpha value is -3.63. The van der Waals surface area contributed by atoms with E-state index in [1.54, 1.807) is 13.0 Å². The molecule has 3 aromatic rings. The minimum absolute atomic E-state index is 0.0139. The van der Waals surface area contributed by atoms with E-state index in [4.69, 9.17) is 0 Å². The van der Waals surface area contributed by atoms with Crippen LogP contribution in [0.15, 0.2) is 42.7 Å². The Bertz CT molecular complexity index is 1150. The van der Waals surface area contributed by atoms with E-state index in [2.05, 4.69) is 19.6 Å². The van der Waals surface area contributed by atoms with Crippen molar-refractivity contribution in [2.24, 2.45) is 0 Å². The van der Waals surface area contributed by atoms with Crippen molar-refractivity contribution in [2.75, 3.05) is 18.1 Å². The number of ether oxygens (including phenoxy) is 2. The first-order valence-electron chi connectivity index (χ1n) is 9.40. The molecule has 1 fully saturated rings. The highest BCUT2D eigenvalue weighted by Crippen LogP contribution is 2.43. The molecule has 1 saturated heterocycles. The van der Waals surface area contributed by atoms with Crippen molar-refractivity contribution in [3.05, 3.63) is 59.7 Å². The van der Waals surface area contributed by atoms with E-state index >= 15 is 0 Å². The fraction of sp³-hybridized carbons (Fsp3) is 0.300. The van der Waals surface area contributed by atoms with Gasteiger partial charge in [-0.05, 0) is 30.7 Å². The van der Waals surface area contributed by atoms with Gasteiger partial charge in [0.05, 0.1) is 25.4 Å². The number of carbonyl (C=O) groups excluding carboxylic acids is 2. The maximum absolute atomic E-state index is 14.3. The highest BCUT2D eigenvalue weighted by atomic mass is 19.3. The Morgan fingerprint density at radius 1 is 1.29 bits per heavy atom. The zero-order valence-corrected chi connectivity index (χ0v) is 16.3. The molecule has 2 aromatic heterocycles. The monoisotopic (exact) mass is 434 g/mol. The van der Waals surface area contributed by atoms with Gasteiger partial charge in [0.1, 0.15) is 17.2 Å². The number of alkyl halides is 2. The molecule has 0 saturated carbocycles. The second-order valence-electron chi connectivity index (χ2n) is 6.94. The van der Waals surface area contributed by atoms with Crippen LogP contribution in [0.3, 0.4) is 0 Å². The van der Waals surface area contributed by atoms with Crippen LogP contribution >= 0.6 is 0 Å². The normalized spacial score (nSPS) is 17.7. The fourth-order valence-electron chi connectivity index (χ4n) is 3.51. The number of esters is 1. The first kappa shape index (κ1) is 20.6. The zero-order valence-electron chi connectivity index (χ0n) is 16.3. The molecule has 1 aliphatic rings. The van der Waals surface area contributed by atoms with Crippen LogP contribution in [0.25, 0.3) is 5.65 Å². The first-order valence-corrected chi connectivity index (χ1v) is 9.40. The SMILES string of the molecule is CCOC(=O)OC(=O)c1cnn2ccc(N3CC(F)(F)C[C@@H]3c3cccc(F)c3)nc12. The van der Waals surface area contributed by atoms with Gasteiger partial charge in [-0.25, -0.2) is 32.3 Å². The number of anilines is 1. The van der Waals surface area contributed by atoms with Crippen LogP contribution in [-0.4, -0.2) is 45.8 Å². The second kappa shape index (κ2) is 7.89. The molecule has 1 aromatic carbocycles. The standard InChI is InChI=1S/C20H17F3N4O4/c1-2-30-19(29)31-18(28)14-10-24-27-7-6-16(25-17(14)27)26-11-20(22,23)9-15(26)12-4-3-5-13(21)8-12/h3-8,10,15H,2,9,11H2,1H3/t15-/m1/s1. The van der Waals surface area contributed by atoms with Gasteiger partial charge < -0.3 is 14.4 Å². The Morgan fingerprint density at radius 3 is 2.84 bits per heavy atom. The number of rotatable bonds is 4. The molecule has 3 heterocycles. The van der Waals surface area contributed by atoms with Crippen LogP contribution < -0.4 is 4.90 Å². The van der Waals surface area contributed by atoms with Crippen molar-refractivity contribution >= 4 is 23.6 Å². The van der Waals surface area contributed by atoms with Gasteiger partial charge in [0.15, 0.2) is 5.65 Å². The quantitative estimate of drug-likeness (QED) is 0.456. The summed E-state index contributed by atoms with van der Waals surface area (Å²) in [7, 11) is 0. The summed E-state index contributed by atoms with van der Waals surface area (Å²) < 4.78 is 52.7. The van der Waals surface area contributed by atoms with E-state index in [1.807, 2.05) is 0 Å². The molecule has 0 bridgehead atoms. The number of fused-ring (bicyclic) bond motifs is 1. The highest BCUT2D eigenvalue weighted by Gasteiger charge is 2.46. The molecule has 31 heavy (non-hydrogen) atoms. The van der Waals surface area contributed by atoms with Crippen LogP contribution in [0, 0.1) is 5.82 Å². The van der Waals surface area contributed by atoms with Gasteiger partial charge >= 0.3 is 12.1 Å². The molecule has 1 aliphatic heterocycles. The van der Waals surface area contributed by atoms with Crippen molar-refractivity contribution in [3.63, 3.8) is 0 Å². The molecular weight excluding hydrogens is 417 g/mol. The summed E-state index contributed by atoms with van der Waals surface area (Å²) in [5.41, 5.74) is 0.262. The molecule has 0 amide bonds. The van der Waals surface area contributed by atoms with Crippen LogP contribution in [0.1, 0.15) is 35.3 Å². The largest absolute Gasteiger partial charge is 0.516 e. The predicted octanol–water partition coefficient (Wildman–Crippen LogP) is 3.77. The van der Waals surface area contributed by atoms with E-state index in [9.17, 15) is 22.8 Å². The molecule has 0 radical (unpaired) electrons. The summed E-state index contributed by atoms with van der Waals surface area (Å²) in [5.74, 6) is -4.44. The lowest BCUT2D eigenvalue weighted by Crippen LogP contribution is -2.27. The third kappa shape index (κ3) is 4.16. The van der Waals surface area contributed by atoms with Crippen molar-refractivity contribution in [3.8, 4) is 0 Å². The molecule has 0 N–H and O–H groups in total. The number of benzene rings is 1. The maximum atomic E-state index is 14.3. The van der Waals surface area contributed by atoms with Gasteiger partial charge in [0, 0.05) is 12.6 Å². The van der Waals surface area contributed by atoms with E-state index in [1.165, 1.54) is 39.9 Å².